The third-order valence-corrected chi connectivity index (χ3v) is 2.83. The molecular weight excluding hydrogens is 265 g/mol. The zero-order valence-electron chi connectivity index (χ0n) is 9.68. The maximum Gasteiger partial charge on any atom is 0.573 e. The summed E-state index contributed by atoms with van der Waals surface area (Å²) in [7, 11) is 0. The molecule has 1 aliphatic rings. The summed E-state index contributed by atoms with van der Waals surface area (Å²) >= 11 is 0. The van der Waals surface area contributed by atoms with Crippen molar-refractivity contribution in [3.05, 3.63) is 29.8 Å². The highest BCUT2D eigenvalue weighted by atomic mass is 19.4. The van der Waals surface area contributed by atoms with Crippen LogP contribution >= 0.6 is 0 Å². The fraction of sp³-hybridized carbons (Fsp3) is 0.417. The van der Waals surface area contributed by atoms with E-state index in [0.29, 0.717) is 12.0 Å². The lowest BCUT2D eigenvalue weighted by molar-refractivity contribution is -0.274. The smallest absolute Gasteiger partial charge is 0.481 e. The summed E-state index contributed by atoms with van der Waals surface area (Å²) in [6.45, 7) is 0.270. The summed E-state index contributed by atoms with van der Waals surface area (Å²) in [5.74, 6) is -2.16. The molecule has 1 aliphatic heterocycles. The van der Waals surface area contributed by atoms with E-state index in [1.807, 2.05) is 0 Å². The van der Waals surface area contributed by atoms with Crippen molar-refractivity contribution >= 4 is 5.97 Å². The second kappa shape index (κ2) is 5.08. The Labute approximate surface area is 106 Å². The van der Waals surface area contributed by atoms with E-state index in [0.717, 1.165) is 12.1 Å². The maximum atomic E-state index is 12.1. The lowest BCUT2D eigenvalue weighted by Crippen LogP contribution is -2.19. The number of ether oxygens (including phenoxy) is 2. The van der Waals surface area contributed by atoms with Crippen LogP contribution in [0.15, 0.2) is 24.3 Å². The molecule has 1 saturated heterocycles. The predicted molar refractivity (Wildman–Crippen MR) is 57.6 cm³/mol. The number of hydrogen-bond acceptors (Lipinski definition) is 3. The highest BCUT2D eigenvalue weighted by Crippen LogP contribution is 2.36. The summed E-state index contributed by atoms with van der Waals surface area (Å²) in [6.07, 6.45) is -5.18. The molecule has 0 bridgehead atoms. The van der Waals surface area contributed by atoms with E-state index in [2.05, 4.69) is 4.74 Å². The Hall–Kier alpha value is -1.76. The molecule has 0 aliphatic carbocycles. The number of alkyl halides is 3. The minimum Gasteiger partial charge on any atom is -0.481 e. The van der Waals surface area contributed by atoms with Gasteiger partial charge in [-0.1, -0.05) is 12.1 Å². The molecule has 0 aromatic heterocycles. The van der Waals surface area contributed by atoms with E-state index in [1.54, 1.807) is 0 Å². The number of carboxylic acid groups (broad SMARTS) is 1. The fourth-order valence-electron chi connectivity index (χ4n) is 2.06. The van der Waals surface area contributed by atoms with E-state index in [4.69, 9.17) is 9.84 Å². The van der Waals surface area contributed by atoms with Crippen LogP contribution in [0.4, 0.5) is 13.2 Å². The summed E-state index contributed by atoms with van der Waals surface area (Å²) in [6, 6.07) is 5.20. The molecule has 1 fully saturated rings. The topological polar surface area (TPSA) is 55.8 Å². The highest BCUT2D eigenvalue weighted by molar-refractivity contribution is 5.71. The van der Waals surface area contributed by atoms with Gasteiger partial charge in [0.05, 0.1) is 12.0 Å². The van der Waals surface area contributed by atoms with Crippen LogP contribution in [-0.4, -0.2) is 24.0 Å². The number of halogens is 3. The average molecular weight is 276 g/mol. The van der Waals surface area contributed by atoms with Crippen molar-refractivity contribution in [1.82, 2.24) is 0 Å². The van der Waals surface area contributed by atoms with Crippen molar-refractivity contribution < 1.29 is 32.5 Å². The van der Waals surface area contributed by atoms with Gasteiger partial charge in [0.25, 0.3) is 0 Å². The molecular formula is C12H11F3O4. The maximum absolute atomic E-state index is 12.1. The number of rotatable bonds is 3. The van der Waals surface area contributed by atoms with E-state index in [1.165, 1.54) is 12.1 Å². The normalized spacial score (nSPS) is 23.3. The van der Waals surface area contributed by atoms with Crippen molar-refractivity contribution in [3.8, 4) is 5.75 Å². The van der Waals surface area contributed by atoms with Crippen LogP contribution in [-0.2, 0) is 9.53 Å². The predicted octanol–water partition coefficient (Wildman–Crippen LogP) is 2.75. The van der Waals surface area contributed by atoms with Crippen LogP contribution in [0.5, 0.6) is 5.75 Å². The van der Waals surface area contributed by atoms with Gasteiger partial charge in [-0.3, -0.25) is 4.79 Å². The third-order valence-electron chi connectivity index (χ3n) is 2.83. The van der Waals surface area contributed by atoms with Crippen LogP contribution in [0.1, 0.15) is 18.1 Å². The lowest BCUT2D eigenvalue weighted by atomic mass is 9.95. The largest absolute Gasteiger partial charge is 0.573 e. The number of hydrogen-bond donors (Lipinski definition) is 1. The van der Waals surface area contributed by atoms with Crippen molar-refractivity contribution in [2.45, 2.75) is 18.9 Å². The van der Waals surface area contributed by atoms with E-state index >= 15 is 0 Å². The van der Waals surface area contributed by atoms with Crippen LogP contribution in [0.25, 0.3) is 0 Å². The molecule has 4 nitrogen and oxygen atoms in total. The molecule has 1 heterocycles. The number of carbonyl (C=O) groups is 1. The number of aliphatic carboxylic acids is 1. The van der Waals surface area contributed by atoms with Crippen molar-refractivity contribution in [2.24, 2.45) is 5.92 Å². The molecule has 2 rings (SSSR count). The first kappa shape index (κ1) is 13.7. The Kier molecular flexibility index (Phi) is 3.66. The van der Waals surface area contributed by atoms with E-state index < -0.39 is 24.4 Å². The van der Waals surface area contributed by atoms with Gasteiger partial charge in [0.2, 0.25) is 0 Å². The van der Waals surface area contributed by atoms with Crippen molar-refractivity contribution in [1.29, 1.82) is 0 Å². The zero-order chi connectivity index (χ0) is 14.0. The zero-order valence-corrected chi connectivity index (χ0v) is 9.68. The second-order valence-electron chi connectivity index (χ2n) is 4.15. The quantitative estimate of drug-likeness (QED) is 0.922. The van der Waals surface area contributed by atoms with Gasteiger partial charge < -0.3 is 14.6 Å². The molecule has 1 aromatic carbocycles. The fourth-order valence-corrected chi connectivity index (χ4v) is 2.06. The molecule has 2 unspecified atom stereocenters. The Balaban J connectivity index is 2.21. The van der Waals surface area contributed by atoms with Gasteiger partial charge in [0.1, 0.15) is 5.75 Å². The first-order valence-electron chi connectivity index (χ1n) is 5.57. The summed E-state index contributed by atoms with van der Waals surface area (Å²) in [4.78, 5) is 11.0. The van der Waals surface area contributed by atoms with Crippen LogP contribution in [0.2, 0.25) is 0 Å². The third kappa shape index (κ3) is 3.37. The molecule has 0 radical (unpaired) electrons. The van der Waals surface area contributed by atoms with Crippen molar-refractivity contribution in [3.63, 3.8) is 0 Å². The number of benzene rings is 1. The summed E-state index contributed by atoms with van der Waals surface area (Å²) < 4.78 is 45.4. The molecule has 0 amide bonds. The Morgan fingerprint density at radius 1 is 1.42 bits per heavy atom. The van der Waals surface area contributed by atoms with Crippen LogP contribution < -0.4 is 4.74 Å². The van der Waals surface area contributed by atoms with Gasteiger partial charge in [-0.25, -0.2) is 0 Å². The van der Waals surface area contributed by atoms with Gasteiger partial charge in [0.15, 0.2) is 0 Å². The second-order valence-corrected chi connectivity index (χ2v) is 4.15. The van der Waals surface area contributed by atoms with Crippen molar-refractivity contribution in [2.75, 3.05) is 6.61 Å². The van der Waals surface area contributed by atoms with Crippen LogP contribution in [0, 0.1) is 5.92 Å². The Morgan fingerprint density at radius 2 is 2.16 bits per heavy atom. The molecule has 19 heavy (non-hydrogen) atoms. The molecule has 2 atom stereocenters. The van der Waals surface area contributed by atoms with Gasteiger partial charge in [-0.15, -0.1) is 13.2 Å². The lowest BCUT2D eigenvalue weighted by Gasteiger charge is -2.16. The monoisotopic (exact) mass is 276 g/mol. The molecule has 7 heteroatoms. The summed E-state index contributed by atoms with van der Waals surface area (Å²) in [5, 5.41) is 9.01. The molecule has 1 aromatic rings. The van der Waals surface area contributed by atoms with Gasteiger partial charge in [0, 0.05) is 6.61 Å². The SMILES string of the molecule is O=C(O)C1CCOC1c1cccc(OC(F)(F)F)c1. The molecule has 0 saturated carbocycles. The average Bonchev–Trinajstić information content (AvgIpc) is 2.75. The summed E-state index contributed by atoms with van der Waals surface area (Å²) in [5.41, 5.74) is 0.367. The standard InChI is InChI=1S/C12H11F3O4/c13-12(14,15)19-8-3-1-2-7(6-8)10-9(11(16)17)4-5-18-10/h1-3,6,9-10H,4-5H2,(H,16,17). The minimum atomic E-state index is -4.78. The first-order valence-corrected chi connectivity index (χ1v) is 5.57. The first-order chi connectivity index (χ1) is 8.87. The molecule has 1 N–H and O–H groups in total. The van der Waals surface area contributed by atoms with E-state index in [-0.39, 0.29) is 12.4 Å². The van der Waals surface area contributed by atoms with Gasteiger partial charge in [-0.05, 0) is 24.1 Å². The van der Waals surface area contributed by atoms with Gasteiger partial charge in [-0.2, -0.15) is 0 Å². The molecule has 104 valence electrons. The Morgan fingerprint density at radius 3 is 2.79 bits per heavy atom. The van der Waals surface area contributed by atoms with Gasteiger partial charge >= 0.3 is 12.3 Å². The molecule has 0 spiro atoms. The van der Waals surface area contributed by atoms with E-state index in [9.17, 15) is 18.0 Å². The highest BCUT2D eigenvalue weighted by Gasteiger charge is 2.36. The minimum absolute atomic E-state index is 0.270. The Bertz CT molecular complexity index is 472. The number of carboxylic acids is 1. The van der Waals surface area contributed by atoms with Crippen LogP contribution in [0.3, 0.4) is 0 Å².